The fourth-order valence-electron chi connectivity index (χ4n) is 3.12. The van der Waals surface area contributed by atoms with Crippen LogP contribution in [0.1, 0.15) is 20.7 Å². The van der Waals surface area contributed by atoms with E-state index < -0.39 is 16.6 Å². The number of allylic oxidation sites excluding steroid dienone is 2. The summed E-state index contributed by atoms with van der Waals surface area (Å²) in [7, 11) is -0.254. The number of Topliss-reactive ketones (excluding diaryl/α,β-unsaturated/α-hetero) is 2. The van der Waals surface area contributed by atoms with Crippen molar-refractivity contribution in [1.82, 2.24) is 0 Å². The molecule has 1 aliphatic rings. The molecular weight excluding hydrogens is 386 g/mol. The monoisotopic (exact) mass is 403 g/mol. The van der Waals surface area contributed by atoms with E-state index in [4.69, 9.17) is 4.74 Å². The zero-order valence-corrected chi connectivity index (χ0v) is 16.4. The maximum Gasteiger partial charge on any atom is 0.211 e. The molecule has 4 rings (SSSR count). The van der Waals surface area contributed by atoms with Gasteiger partial charge in [-0.3, -0.25) is 9.59 Å². The molecule has 0 fully saturated rings. The molecule has 1 aliphatic carbocycles. The lowest BCUT2D eigenvalue weighted by molar-refractivity contribution is 0.0982. The molecule has 3 aromatic carbocycles. The Morgan fingerprint density at radius 3 is 1.97 bits per heavy atom. The zero-order chi connectivity index (χ0) is 20.4. The van der Waals surface area contributed by atoms with Crippen LogP contribution in [0.2, 0.25) is 0 Å². The Kier molecular flexibility index (Phi) is 5.10. The predicted molar refractivity (Wildman–Crippen MR) is 112 cm³/mol. The standard InChI is InChI=1S/C23H17NO4S/c1-28-16-13-11-15(12-14-16)24-20-21(25)18-9-5-6-10-19(18)22(26)23(20)29(27)17-7-3-2-4-8-17/h2-14,24H,1H3. The molecule has 3 aromatic rings. The Labute approximate surface area is 170 Å². The Morgan fingerprint density at radius 1 is 0.759 bits per heavy atom. The van der Waals surface area contributed by atoms with Gasteiger partial charge in [-0.05, 0) is 36.4 Å². The van der Waals surface area contributed by atoms with E-state index in [0.29, 0.717) is 21.9 Å². The summed E-state index contributed by atoms with van der Waals surface area (Å²) in [4.78, 5) is 26.8. The largest absolute Gasteiger partial charge is 0.497 e. The number of ether oxygens (including phenoxy) is 1. The molecule has 0 heterocycles. The normalized spacial score (nSPS) is 14.4. The number of carbonyl (C=O) groups is 2. The highest BCUT2D eigenvalue weighted by Gasteiger charge is 2.35. The molecule has 0 saturated carbocycles. The van der Waals surface area contributed by atoms with Crippen LogP contribution in [0.4, 0.5) is 5.69 Å². The van der Waals surface area contributed by atoms with Crippen molar-refractivity contribution in [3.63, 3.8) is 0 Å². The van der Waals surface area contributed by atoms with Crippen molar-refractivity contribution in [1.29, 1.82) is 0 Å². The van der Waals surface area contributed by atoms with E-state index in [2.05, 4.69) is 5.32 Å². The number of hydrogen-bond acceptors (Lipinski definition) is 5. The smallest absolute Gasteiger partial charge is 0.211 e. The second kappa shape index (κ2) is 7.85. The van der Waals surface area contributed by atoms with E-state index in [0.717, 1.165) is 0 Å². The van der Waals surface area contributed by atoms with Crippen LogP contribution in [0, 0.1) is 0 Å². The highest BCUT2D eigenvalue weighted by molar-refractivity contribution is 7.90. The van der Waals surface area contributed by atoms with Crippen LogP contribution < -0.4 is 10.1 Å². The fraction of sp³-hybridized carbons (Fsp3) is 0.0435. The van der Waals surface area contributed by atoms with E-state index in [1.54, 1.807) is 86.0 Å². The second-order valence-electron chi connectivity index (χ2n) is 6.34. The fourth-order valence-corrected chi connectivity index (χ4v) is 4.37. The highest BCUT2D eigenvalue weighted by atomic mass is 32.2. The summed E-state index contributed by atoms with van der Waals surface area (Å²) in [6, 6.07) is 22.1. The van der Waals surface area contributed by atoms with Crippen molar-refractivity contribution in [2.45, 2.75) is 4.90 Å². The first-order valence-electron chi connectivity index (χ1n) is 8.90. The number of ketones is 2. The molecule has 1 atom stereocenters. The molecular formula is C23H17NO4S. The molecule has 0 saturated heterocycles. The average molecular weight is 403 g/mol. The summed E-state index contributed by atoms with van der Waals surface area (Å²) in [5, 5.41) is 3.01. The van der Waals surface area contributed by atoms with Gasteiger partial charge in [0.05, 0.1) is 17.9 Å². The van der Waals surface area contributed by atoms with Gasteiger partial charge in [-0.15, -0.1) is 0 Å². The van der Waals surface area contributed by atoms with Gasteiger partial charge in [0.2, 0.25) is 11.6 Å². The van der Waals surface area contributed by atoms with E-state index in [1.165, 1.54) is 0 Å². The van der Waals surface area contributed by atoms with E-state index in [-0.39, 0.29) is 21.9 Å². The molecule has 29 heavy (non-hydrogen) atoms. The number of carbonyl (C=O) groups excluding carboxylic acids is 2. The molecule has 6 heteroatoms. The number of anilines is 1. The Balaban J connectivity index is 1.85. The molecule has 1 N–H and O–H groups in total. The van der Waals surface area contributed by atoms with Gasteiger partial charge in [-0.1, -0.05) is 42.5 Å². The molecule has 144 valence electrons. The molecule has 0 radical (unpaired) electrons. The van der Waals surface area contributed by atoms with Crippen LogP contribution in [0.3, 0.4) is 0 Å². The minimum absolute atomic E-state index is 0.0288. The molecule has 0 aliphatic heterocycles. The zero-order valence-electron chi connectivity index (χ0n) is 15.5. The predicted octanol–water partition coefficient (Wildman–Crippen LogP) is 4.21. The van der Waals surface area contributed by atoms with Crippen LogP contribution in [-0.4, -0.2) is 22.9 Å². The summed E-state index contributed by atoms with van der Waals surface area (Å²) in [5.74, 6) is -0.122. The number of benzene rings is 3. The lowest BCUT2D eigenvalue weighted by Gasteiger charge is -2.21. The number of hydrogen-bond donors (Lipinski definition) is 1. The van der Waals surface area contributed by atoms with Crippen LogP contribution in [0.15, 0.2) is 94.4 Å². The number of nitrogens with one attached hydrogen (secondary N) is 1. The van der Waals surface area contributed by atoms with Gasteiger partial charge in [0.15, 0.2) is 0 Å². The van der Waals surface area contributed by atoms with Crippen molar-refractivity contribution in [3.8, 4) is 5.75 Å². The van der Waals surface area contributed by atoms with Crippen LogP contribution in [0.25, 0.3) is 0 Å². The van der Waals surface area contributed by atoms with Gasteiger partial charge >= 0.3 is 0 Å². The summed E-state index contributed by atoms with van der Waals surface area (Å²) >= 11 is 0. The third-order valence-electron chi connectivity index (χ3n) is 4.58. The van der Waals surface area contributed by atoms with Crippen molar-refractivity contribution >= 4 is 28.1 Å². The molecule has 0 amide bonds. The minimum Gasteiger partial charge on any atom is -0.497 e. The first-order valence-corrected chi connectivity index (χ1v) is 10.1. The van der Waals surface area contributed by atoms with Crippen molar-refractivity contribution < 1.29 is 18.5 Å². The molecule has 0 spiro atoms. The van der Waals surface area contributed by atoms with Gasteiger partial charge in [-0.2, -0.15) is 0 Å². The first kappa shape index (κ1) is 18.8. The summed E-state index contributed by atoms with van der Waals surface area (Å²) in [5.41, 5.74) is 1.17. The summed E-state index contributed by atoms with van der Waals surface area (Å²) in [6.45, 7) is 0. The molecule has 1 unspecified atom stereocenters. The third-order valence-corrected chi connectivity index (χ3v) is 6.04. The van der Waals surface area contributed by atoms with E-state index in [1.807, 2.05) is 0 Å². The third kappa shape index (κ3) is 3.50. The lowest BCUT2D eigenvalue weighted by Crippen LogP contribution is -2.28. The minimum atomic E-state index is -1.82. The van der Waals surface area contributed by atoms with E-state index in [9.17, 15) is 13.8 Å². The number of methoxy groups -OCH3 is 1. The second-order valence-corrected chi connectivity index (χ2v) is 7.76. The van der Waals surface area contributed by atoms with Crippen molar-refractivity contribution in [3.05, 3.63) is 101 Å². The Bertz CT molecular complexity index is 1150. The summed E-state index contributed by atoms with van der Waals surface area (Å²) in [6.07, 6.45) is 0. The topological polar surface area (TPSA) is 72.5 Å². The van der Waals surface area contributed by atoms with Crippen molar-refractivity contribution in [2.75, 3.05) is 12.4 Å². The van der Waals surface area contributed by atoms with Crippen LogP contribution in [-0.2, 0) is 10.8 Å². The Hall–Kier alpha value is -3.51. The lowest BCUT2D eigenvalue weighted by atomic mass is 9.92. The summed E-state index contributed by atoms with van der Waals surface area (Å²) < 4.78 is 18.4. The molecule has 0 bridgehead atoms. The Morgan fingerprint density at radius 2 is 1.34 bits per heavy atom. The molecule has 0 aromatic heterocycles. The van der Waals surface area contributed by atoms with Crippen LogP contribution >= 0.6 is 0 Å². The van der Waals surface area contributed by atoms with Gasteiger partial charge in [0.25, 0.3) is 0 Å². The highest BCUT2D eigenvalue weighted by Crippen LogP contribution is 2.31. The SMILES string of the molecule is COc1ccc(NC2=C(S(=O)c3ccccc3)C(=O)c3ccccc3C2=O)cc1. The van der Waals surface area contributed by atoms with Gasteiger partial charge in [0, 0.05) is 21.7 Å². The number of fused-ring (bicyclic) bond motifs is 1. The van der Waals surface area contributed by atoms with E-state index >= 15 is 0 Å². The van der Waals surface area contributed by atoms with Gasteiger partial charge < -0.3 is 10.1 Å². The first-order chi connectivity index (χ1) is 14.1. The van der Waals surface area contributed by atoms with Crippen LogP contribution in [0.5, 0.6) is 5.75 Å². The maximum atomic E-state index is 13.3. The average Bonchev–Trinajstić information content (AvgIpc) is 2.78. The molecule has 5 nitrogen and oxygen atoms in total. The van der Waals surface area contributed by atoms with Gasteiger partial charge in [0.1, 0.15) is 16.4 Å². The van der Waals surface area contributed by atoms with Crippen molar-refractivity contribution in [2.24, 2.45) is 0 Å². The maximum absolute atomic E-state index is 13.3. The quantitative estimate of drug-likeness (QED) is 0.691. The van der Waals surface area contributed by atoms with Gasteiger partial charge in [-0.25, -0.2) is 4.21 Å². The number of rotatable bonds is 5.